The molecule has 1 saturated carbocycles. The van der Waals surface area contributed by atoms with E-state index >= 15 is 0 Å². The lowest BCUT2D eigenvalue weighted by Crippen LogP contribution is -2.34. The zero-order valence-electron chi connectivity index (χ0n) is 14.5. The van der Waals surface area contributed by atoms with Crippen LogP contribution in [0.4, 0.5) is 5.69 Å². The fraction of sp³-hybridized carbons (Fsp3) is 0.368. The topological polar surface area (TPSA) is 61.4 Å². The minimum atomic E-state index is -0.108. The Labute approximate surface area is 152 Å². The van der Waals surface area contributed by atoms with E-state index in [1.165, 1.54) is 4.88 Å². The lowest BCUT2D eigenvalue weighted by atomic mass is 10.1. The Morgan fingerprint density at radius 2 is 1.92 bits per heavy atom. The molecule has 6 heteroatoms. The van der Waals surface area contributed by atoms with Gasteiger partial charge >= 0.3 is 0 Å². The van der Waals surface area contributed by atoms with Gasteiger partial charge in [-0.05, 0) is 62.6 Å². The highest BCUT2D eigenvalue weighted by Gasteiger charge is 2.29. The van der Waals surface area contributed by atoms with Crippen LogP contribution in [0.3, 0.4) is 0 Å². The van der Waals surface area contributed by atoms with Crippen LogP contribution < -0.4 is 10.6 Å². The highest BCUT2D eigenvalue weighted by atomic mass is 32.1. The summed E-state index contributed by atoms with van der Waals surface area (Å²) in [6.45, 7) is 0.548. The number of hydrogen-bond acceptors (Lipinski definition) is 4. The molecule has 1 heterocycles. The maximum atomic E-state index is 12.4. The van der Waals surface area contributed by atoms with Crippen LogP contribution in [0, 0.1) is 5.92 Å². The van der Waals surface area contributed by atoms with Gasteiger partial charge in [0.25, 0.3) is 5.91 Å². The van der Waals surface area contributed by atoms with E-state index < -0.39 is 0 Å². The monoisotopic (exact) mass is 357 g/mol. The van der Waals surface area contributed by atoms with Gasteiger partial charge in [0.15, 0.2) is 0 Å². The van der Waals surface area contributed by atoms with Gasteiger partial charge in [-0.25, -0.2) is 0 Å². The summed E-state index contributed by atoms with van der Waals surface area (Å²) < 4.78 is 0. The molecular formula is C19H23N3O2S. The maximum Gasteiger partial charge on any atom is 0.251 e. The van der Waals surface area contributed by atoms with Crippen molar-refractivity contribution in [3.63, 3.8) is 0 Å². The molecule has 0 saturated heterocycles. The number of thiophene rings is 1. The number of carbonyl (C=O) groups excluding carboxylic acids is 2. The number of nitrogens with one attached hydrogen (secondary N) is 2. The standard InChI is InChI=1S/C19H23N3O2S/c1-22(2)16(17-4-3-11-25-17)12-20-18(23)13-7-9-15(10-8-13)21-19(24)14-5-6-14/h3-4,7-11,14,16H,5-6,12H2,1-2H3,(H,20,23)(H,21,24). The zero-order valence-corrected chi connectivity index (χ0v) is 15.3. The third-order valence-corrected chi connectivity index (χ3v) is 5.29. The summed E-state index contributed by atoms with van der Waals surface area (Å²) in [5.74, 6) is 0.133. The van der Waals surface area contributed by atoms with Crippen LogP contribution in [-0.4, -0.2) is 37.4 Å². The summed E-state index contributed by atoms with van der Waals surface area (Å²) in [5, 5.41) is 7.92. The van der Waals surface area contributed by atoms with E-state index in [4.69, 9.17) is 0 Å². The Morgan fingerprint density at radius 1 is 1.20 bits per heavy atom. The third-order valence-electron chi connectivity index (χ3n) is 4.31. The Morgan fingerprint density at radius 3 is 2.48 bits per heavy atom. The van der Waals surface area contributed by atoms with Gasteiger partial charge in [-0.1, -0.05) is 6.07 Å². The quantitative estimate of drug-likeness (QED) is 0.800. The molecule has 1 aromatic carbocycles. The number of benzene rings is 1. The van der Waals surface area contributed by atoms with E-state index in [1.54, 1.807) is 35.6 Å². The largest absolute Gasteiger partial charge is 0.350 e. The Bertz CT molecular complexity index is 722. The highest BCUT2D eigenvalue weighted by Crippen LogP contribution is 2.30. The van der Waals surface area contributed by atoms with Gasteiger partial charge in [-0.15, -0.1) is 11.3 Å². The van der Waals surface area contributed by atoms with Crippen molar-refractivity contribution in [3.05, 3.63) is 52.2 Å². The number of amides is 2. The summed E-state index contributed by atoms with van der Waals surface area (Å²) in [5.41, 5.74) is 1.33. The van der Waals surface area contributed by atoms with Gasteiger partial charge in [-0.2, -0.15) is 0 Å². The normalized spacial score (nSPS) is 15.0. The molecule has 2 amide bonds. The van der Waals surface area contributed by atoms with Crippen LogP contribution in [0.25, 0.3) is 0 Å². The van der Waals surface area contributed by atoms with Gasteiger partial charge in [0, 0.05) is 28.6 Å². The molecule has 132 valence electrons. The molecule has 2 N–H and O–H groups in total. The fourth-order valence-electron chi connectivity index (χ4n) is 2.60. The van der Waals surface area contributed by atoms with Crippen LogP contribution in [0.1, 0.15) is 34.1 Å². The lowest BCUT2D eigenvalue weighted by Gasteiger charge is -2.23. The molecule has 3 rings (SSSR count). The van der Waals surface area contributed by atoms with Crippen molar-refractivity contribution in [3.8, 4) is 0 Å². The summed E-state index contributed by atoms with van der Waals surface area (Å²) in [6.07, 6.45) is 1.95. The number of carbonyl (C=O) groups is 2. The first-order valence-corrected chi connectivity index (χ1v) is 9.31. The number of rotatable bonds is 7. The Hall–Kier alpha value is -2.18. The van der Waals surface area contributed by atoms with E-state index in [-0.39, 0.29) is 23.8 Å². The first kappa shape index (κ1) is 17.6. The van der Waals surface area contributed by atoms with E-state index in [9.17, 15) is 9.59 Å². The second-order valence-corrected chi connectivity index (χ2v) is 7.53. The first-order chi connectivity index (χ1) is 12.0. The van der Waals surface area contributed by atoms with Gasteiger partial charge in [-0.3, -0.25) is 9.59 Å². The molecule has 0 aliphatic heterocycles. The molecule has 1 unspecified atom stereocenters. The van der Waals surface area contributed by atoms with Gasteiger partial charge in [0.1, 0.15) is 0 Å². The molecule has 0 spiro atoms. The lowest BCUT2D eigenvalue weighted by molar-refractivity contribution is -0.117. The average Bonchev–Trinajstić information content (AvgIpc) is 3.32. The molecule has 1 aliphatic carbocycles. The maximum absolute atomic E-state index is 12.4. The van der Waals surface area contributed by atoms with Gasteiger partial charge in [0.05, 0.1) is 6.04 Å². The average molecular weight is 357 g/mol. The van der Waals surface area contributed by atoms with Crippen molar-refractivity contribution in [1.29, 1.82) is 0 Å². The Kier molecular flexibility index (Phi) is 5.50. The minimum Gasteiger partial charge on any atom is -0.350 e. The highest BCUT2D eigenvalue weighted by molar-refractivity contribution is 7.10. The molecule has 25 heavy (non-hydrogen) atoms. The number of nitrogens with zero attached hydrogens (tertiary/aromatic N) is 1. The first-order valence-electron chi connectivity index (χ1n) is 8.43. The van der Waals surface area contributed by atoms with Crippen molar-refractivity contribution >= 4 is 28.8 Å². The number of likely N-dealkylation sites (N-methyl/N-ethyl adjacent to an activating group) is 1. The van der Waals surface area contributed by atoms with Crippen LogP contribution >= 0.6 is 11.3 Å². The molecule has 5 nitrogen and oxygen atoms in total. The van der Waals surface area contributed by atoms with Crippen LogP contribution in [0.2, 0.25) is 0 Å². The molecule has 1 fully saturated rings. The molecule has 0 bridgehead atoms. The smallest absolute Gasteiger partial charge is 0.251 e. The zero-order chi connectivity index (χ0) is 17.8. The van der Waals surface area contributed by atoms with Crippen molar-refractivity contribution in [1.82, 2.24) is 10.2 Å². The summed E-state index contributed by atoms with van der Waals surface area (Å²) in [4.78, 5) is 27.5. The van der Waals surface area contributed by atoms with E-state index in [0.717, 1.165) is 18.5 Å². The molecule has 1 aromatic heterocycles. The van der Waals surface area contributed by atoms with Crippen molar-refractivity contribution in [2.75, 3.05) is 26.0 Å². The molecule has 1 atom stereocenters. The summed E-state index contributed by atoms with van der Waals surface area (Å²) in [7, 11) is 4.02. The second kappa shape index (κ2) is 7.80. The predicted molar refractivity (Wildman–Crippen MR) is 101 cm³/mol. The minimum absolute atomic E-state index is 0.0713. The fourth-order valence-corrected chi connectivity index (χ4v) is 3.53. The van der Waals surface area contributed by atoms with E-state index in [0.29, 0.717) is 12.1 Å². The molecule has 0 radical (unpaired) electrons. The van der Waals surface area contributed by atoms with Crippen molar-refractivity contribution < 1.29 is 9.59 Å². The predicted octanol–water partition coefficient (Wildman–Crippen LogP) is 3.13. The number of hydrogen-bond donors (Lipinski definition) is 2. The van der Waals surface area contributed by atoms with Crippen LogP contribution in [0.15, 0.2) is 41.8 Å². The molecular weight excluding hydrogens is 334 g/mol. The van der Waals surface area contributed by atoms with E-state index in [1.807, 2.05) is 25.5 Å². The summed E-state index contributed by atoms with van der Waals surface area (Å²) >= 11 is 1.69. The molecule has 1 aliphatic rings. The van der Waals surface area contributed by atoms with Crippen LogP contribution in [-0.2, 0) is 4.79 Å². The second-order valence-electron chi connectivity index (χ2n) is 6.55. The van der Waals surface area contributed by atoms with Gasteiger partial charge in [0.2, 0.25) is 5.91 Å². The van der Waals surface area contributed by atoms with E-state index in [2.05, 4.69) is 21.6 Å². The third kappa shape index (κ3) is 4.67. The Balaban J connectivity index is 1.56. The summed E-state index contributed by atoms with van der Waals surface area (Å²) in [6, 6.07) is 11.3. The van der Waals surface area contributed by atoms with Crippen molar-refractivity contribution in [2.45, 2.75) is 18.9 Å². The SMILES string of the molecule is CN(C)C(CNC(=O)c1ccc(NC(=O)C2CC2)cc1)c1cccs1. The van der Waals surface area contributed by atoms with Crippen LogP contribution in [0.5, 0.6) is 0 Å². The van der Waals surface area contributed by atoms with Crippen molar-refractivity contribution in [2.24, 2.45) is 5.92 Å². The number of anilines is 1. The van der Waals surface area contributed by atoms with Gasteiger partial charge < -0.3 is 15.5 Å². The molecule has 2 aromatic rings.